The van der Waals surface area contributed by atoms with Gasteiger partial charge in [0.15, 0.2) is 6.29 Å². The molecule has 5 rings (SSSR count). The Bertz CT molecular complexity index is 1350. The predicted molar refractivity (Wildman–Crippen MR) is 165 cm³/mol. The van der Waals surface area contributed by atoms with Crippen molar-refractivity contribution in [2.24, 2.45) is 5.92 Å². The van der Waals surface area contributed by atoms with Crippen molar-refractivity contribution in [1.29, 1.82) is 0 Å². The molecule has 2 fully saturated rings. The summed E-state index contributed by atoms with van der Waals surface area (Å²) in [5.41, 5.74) is 5.89. The molecule has 1 amide bonds. The lowest BCUT2D eigenvalue weighted by molar-refractivity contribution is -0.276. The summed E-state index contributed by atoms with van der Waals surface area (Å²) in [6.07, 6.45) is 2.31. The van der Waals surface area contributed by atoms with Crippen LogP contribution >= 0.6 is 0 Å². The average Bonchev–Trinajstić information content (AvgIpc) is 3.51. The van der Waals surface area contributed by atoms with E-state index in [1.54, 1.807) is 0 Å². The molecule has 3 aromatic carbocycles. The van der Waals surface area contributed by atoms with Gasteiger partial charge in [-0.05, 0) is 53.3 Å². The first-order chi connectivity index (χ1) is 21.0. The van der Waals surface area contributed by atoms with Gasteiger partial charge in [0.25, 0.3) is 0 Å². The minimum Gasteiger partial charge on any atom is -0.445 e. The van der Waals surface area contributed by atoms with Crippen LogP contribution < -0.4 is 5.32 Å². The predicted octanol–water partition coefficient (Wildman–Crippen LogP) is 5.51. The quantitative estimate of drug-likeness (QED) is 0.255. The summed E-state index contributed by atoms with van der Waals surface area (Å²) < 4.78 is 18.3. The maximum absolute atomic E-state index is 11.8. The van der Waals surface area contributed by atoms with Crippen molar-refractivity contribution in [3.63, 3.8) is 0 Å². The summed E-state index contributed by atoms with van der Waals surface area (Å²) in [7, 11) is 0. The fraction of sp³-hybridized carbons (Fsp3) is 0.400. The molecule has 0 aromatic heterocycles. The fourth-order valence-electron chi connectivity index (χ4n) is 5.95. The number of hydrogen-bond acceptors (Lipinski definition) is 7. The number of likely N-dealkylation sites (tertiary alicyclic amines) is 1. The minimum absolute atomic E-state index is 0.00126. The van der Waals surface area contributed by atoms with Gasteiger partial charge in [-0.1, -0.05) is 86.3 Å². The number of ether oxygens (including phenoxy) is 3. The molecule has 8 nitrogen and oxygen atoms in total. The number of carbonyl (C=O) groups excluding carboxylic acids is 1. The lowest BCUT2D eigenvalue weighted by atomic mass is 9.89. The van der Waals surface area contributed by atoms with E-state index in [1.165, 1.54) is 6.08 Å². The summed E-state index contributed by atoms with van der Waals surface area (Å²) in [5, 5.41) is 22.2. The largest absolute Gasteiger partial charge is 0.445 e. The topological polar surface area (TPSA) is 100 Å². The van der Waals surface area contributed by atoms with Crippen molar-refractivity contribution in [3.05, 3.63) is 108 Å². The maximum atomic E-state index is 11.8. The molecule has 3 N–H and O–H groups in total. The molecular weight excluding hydrogens is 544 g/mol. The van der Waals surface area contributed by atoms with Crippen LogP contribution in [0.2, 0.25) is 0 Å². The smallest absolute Gasteiger partial charge is 0.407 e. The zero-order chi connectivity index (χ0) is 30.2. The van der Waals surface area contributed by atoms with Crippen LogP contribution in [0.15, 0.2) is 85.5 Å². The summed E-state index contributed by atoms with van der Waals surface area (Å²) in [6, 6.07) is 24.4. The number of nitrogens with zero attached hydrogens (tertiary/aromatic N) is 1. The van der Waals surface area contributed by atoms with Gasteiger partial charge < -0.3 is 29.7 Å². The molecule has 3 aromatic rings. The van der Waals surface area contributed by atoms with Crippen molar-refractivity contribution in [2.45, 2.75) is 57.5 Å². The number of aliphatic hydroxyl groups is 2. The minimum atomic E-state index is -0.551. The highest BCUT2D eigenvalue weighted by atomic mass is 16.7. The first-order valence-corrected chi connectivity index (χ1v) is 15.1. The summed E-state index contributed by atoms with van der Waals surface area (Å²) in [6.45, 7) is 8.10. The zero-order valence-electron chi connectivity index (χ0n) is 24.7. The molecule has 43 heavy (non-hydrogen) atoms. The van der Waals surface area contributed by atoms with E-state index in [1.807, 2.05) is 60.7 Å². The highest BCUT2D eigenvalue weighted by Gasteiger charge is 2.40. The molecule has 0 spiro atoms. The number of alkyl carbamates (subject to hydrolysis) is 1. The molecule has 0 aliphatic carbocycles. The monoisotopic (exact) mass is 586 g/mol. The van der Waals surface area contributed by atoms with E-state index in [0.29, 0.717) is 6.54 Å². The molecule has 0 unspecified atom stereocenters. The molecule has 0 saturated carbocycles. The van der Waals surface area contributed by atoms with Crippen molar-refractivity contribution in [1.82, 2.24) is 10.2 Å². The van der Waals surface area contributed by atoms with Crippen LogP contribution in [0, 0.1) is 5.92 Å². The lowest BCUT2D eigenvalue weighted by Gasteiger charge is -2.43. The SMILES string of the molecule is C=CCOC(=O)NCc1cccc(-c2ccc([C@H]3O[C@@H](CN4CCC[C@H]4CO)[C@@H](C)[C@@H](c4ccc(CO)cc4)O3)cc2)c1. The van der Waals surface area contributed by atoms with E-state index in [9.17, 15) is 15.0 Å². The van der Waals surface area contributed by atoms with Gasteiger partial charge in [-0.3, -0.25) is 4.90 Å². The van der Waals surface area contributed by atoms with Gasteiger partial charge in [0.1, 0.15) is 6.61 Å². The van der Waals surface area contributed by atoms with E-state index in [-0.39, 0.29) is 44.0 Å². The van der Waals surface area contributed by atoms with Gasteiger partial charge >= 0.3 is 6.09 Å². The van der Waals surface area contributed by atoms with E-state index in [2.05, 4.69) is 35.9 Å². The van der Waals surface area contributed by atoms with Crippen molar-refractivity contribution < 1.29 is 29.2 Å². The molecule has 8 heteroatoms. The van der Waals surface area contributed by atoms with Gasteiger partial charge in [0.2, 0.25) is 0 Å². The molecule has 2 heterocycles. The van der Waals surface area contributed by atoms with Crippen LogP contribution in [-0.2, 0) is 27.4 Å². The number of carbonyl (C=O) groups is 1. The Morgan fingerprint density at radius 1 is 1.02 bits per heavy atom. The second kappa shape index (κ2) is 14.8. The highest BCUT2D eigenvalue weighted by molar-refractivity contribution is 5.68. The molecular formula is C35H42N2O6. The molecule has 0 bridgehead atoms. The summed E-state index contributed by atoms with van der Waals surface area (Å²) in [5.74, 6) is 0.0841. The van der Waals surface area contributed by atoms with E-state index < -0.39 is 12.4 Å². The first-order valence-electron chi connectivity index (χ1n) is 15.1. The fourth-order valence-corrected chi connectivity index (χ4v) is 5.95. The molecule has 228 valence electrons. The number of rotatable bonds is 11. The van der Waals surface area contributed by atoms with Crippen LogP contribution in [0.25, 0.3) is 11.1 Å². The molecule has 2 aliphatic rings. The number of hydrogen-bond donors (Lipinski definition) is 3. The Hall–Kier alpha value is -3.53. The van der Waals surface area contributed by atoms with Gasteiger partial charge in [-0.15, -0.1) is 0 Å². The van der Waals surface area contributed by atoms with E-state index >= 15 is 0 Å². The zero-order valence-corrected chi connectivity index (χ0v) is 24.7. The molecule has 2 aliphatic heterocycles. The third kappa shape index (κ3) is 7.71. The Balaban J connectivity index is 1.33. The van der Waals surface area contributed by atoms with E-state index in [0.717, 1.165) is 59.3 Å². The number of benzene rings is 3. The lowest BCUT2D eigenvalue weighted by Crippen LogP contribution is -2.46. The number of amides is 1. The van der Waals surface area contributed by atoms with Gasteiger partial charge in [0.05, 0.1) is 25.4 Å². The second-order valence-electron chi connectivity index (χ2n) is 11.4. The number of aliphatic hydroxyl groups excluding tert-OH is 2. The molecule has 0 radical (unpaired) electrons. The Kier molecular flexibility index (Phi) is 10.6. The van der Waals surface area contributed by atoms with Crippen LogP contribution in [-0.4, -0.2) is 59.7 Å². The van der Waals surface area contributed by atoms with Crippen molar-refractivity contribution >= 4 is 6.09 Å². The Morgan fingerprint density at radius 3 is 2.51 bits per heavy atom. The maximum Gasteiger partial charge on any atom is 0.407 e. The summed E-state index contributed by atoms with van der Waals surface area (Å²) in [4.78, 5) is 14.1. The van der Waals surface area contributed by atoms with Gasteiger partial charge in [0, 0.05) is 30.6 Å². The summed E-state index contributed by atoms with van der Waals surface area (Å²) >= 11 is 0. The standard InChI is InChI=1S/C35H42N2O6/c1-3-18-41-35(40)36-20-26-6-4-7-30(19-26)27-13-15-29(16-14-27)34-42-32(21-37-17-5-8-31(37)23-39)24(2)33(43-34)28-11-9-25(22-38)10-12-28/h3-4,6-7,9-16,19,24,31-34,38-39H,1,5,8,17-18,20-23H2,2H3,(H,36,40)/t24-,31+,32+,33+,34+/m1/s1. The first kappa shape index (κ1) is 30.9. The van der Waals surface area contributed by atoms with Crippen LogP contribution in [0.3, 0.4) is 0 Å². The molecule has 2 saturated heterocycles. The van der Waals surface area contributed by atoms with Crippen LogP contribution in [0.1, 0.15) is 54.4 Å². The third-order valence-corrected chi connectivity index (χ3v) is 8.46. The van der Waals surface area contributed by atoms with Crippen molar-refractivity contribution in [2.75, 3.05) is 26.3 Å². The Labute approximate surface area is 253 Å². The second-order valence-corrected chi connectivity index (χ2v) is 11.4. The van der Waals surface area contributed by atoms with E-state index in [4.69, 9.17) is 14.2 Å². The van der Waals surface area contributed by atoms with Gasteiger partial charge in [-0.25, -0.2) is 4.79 Å². The van der Waals surface area contributed by atoms with Crippen LogP contribution in [0.4, 0.5) is 4.79 Å². The van der Waals surface area contributed by atoms with Gasteiger partial charge in [-0.2, -0.15) is 0 Å². The van der Waals surface area contributed by atoms with Crippen molar-refractivity contribution in [3.8, 4) is 11.1 Å². The molecule has 5 atom stereocenters. The number of nitrogens with one attached hydrogen (secondary N) is 1. The van der Waals surface area contributed by atoms with Crippen LogP contribution in [0.5, 0.6) is 0 Å². The Morgan fingerprint density at radius 2 is 1.79 bits per heavy atom. The normalized spacial score (nSPS) is 24.0. The average molecular weight is 587 g/mol. The highest BCUT2D eigenvalue weighted by Crippen LogP contribution is 2.42. The third-order valence-electron chi connectivity index (χ3n) is 8.46.